The largest absolute Gasteiger partial charge is 0.496 e. The predicted molar refractivity (Wildman–Crippen MR) is 69.8 cm³/mol. The molecule has 0 N–H and O–H groups in total. The van der Waals surface area contributed by atoms with Crippen molar-refractivity contribution in [1.82, 2.24) is 0 Å². The first kappa shape index (κ1) is 13.4. The van der Waals surface area contributed by atoms with E-state index in [2.05, 4.69) is 15.9 Å². The van der Waals surface area contributed by atoms with Crippen LogP contribution in [0.2, 0.25) is 0 Å². The van der Waals surface area contributed by atoms with E-state index in [9.17, 15) is 4.79 Å². The van der Waals surface area contributed by atoms with E-state index in [-0.39, 0.29) is 5.97 Å². The maximum Gasteiger partial charge on any atom is 0.321 e. The van der Waals surface area contributed by atoms with Crippen molar-refractivity contribution in [3.05, 3.63) is 28.2 Å². The molecule has 0 amide bonds. The molecule has 4 nitrogen and oxygen atoms in total. The summed E-state index contributed by atoms with van der Waals surface area (Å²) < 4.78 is 16.3. The van der Waals surface area contributed by atoms with Crippen molar-refractivity contribution < 1.29 is 19.0 Å². The van der Waals surface area contributed by atoms with Crippen LogP contribution in [0.25, 0.3) is 0 Å². The van der Waals surface area contributed by atoms with Crippen molar-refractivity contribution in [2.45, 2.75) is 12.3 Å². The Morgan fingerprint density at radius 1 is 1.50 bits per heavy atom. The summed E-state index contributed by atoms with van der Waals surface area (Å²) in [5.74, 6) is 0.506. The molecule has 1 aliphatic heterocycles. The topological polar surface area (TPSA) is 44.8 Å². The maximum absolute atomic E-state index is 12.1. The van der Waals surface area contributed by atoms with Crippen LogP contribution < -0.4 is 4.74 Å². The van der Waals surface area contributed by atoms with Gasteiger partial charge in [-0.15, -0.1) is 0 Å². The molecule has 0 radical (unpaired) electrons. The molecule has 2 rings (SSSR count). The molecule has 0 aromatic heterocycles. The SMILES string of the molecule is CCOC(=O)C1(c2ccc(OC)c(Br)c2)COC1. The summed E-state index contributed by atoms with van der Waals surface area (Å²) >= 11 is 3.42. The van der Waals surface area contributed by atoms with Crippen LogP contribution in [0.4, 0.5) is 0 Å². The predicted octanol–water partition coefficient (Wildman–Crippen LogP) is 2.29. The highest BCUT2D eigenvalue weighted by molar-refractivity contribution is 9.10. The normalized spacial score (nSPS) is 16.8. The highest BCUT2D eigenvalue weighted by atomic mass is 79.9. The minimum absolute atomic E-state index is 0.228. The molecular weight excluding hydrogens is 300 g/mol. The number of ether oxygens (including phenoxy) is 3. The number of carbonyl (C=O) groups excluding carboxylic acids is 1. The number of methoxy groups -OCH3 is 1. The standard InChI is InChI=1S/C13H15BrO4/c1-3-18-12(15)13(7-17-8-13)9-4-5-11(16-2)10(14)6-9/h4-6H,3,7-8H2,1-2H3. The van der Waals surface area contributed by atoms with Gasteiger partial charge in [0.25, 0.3) is 0 Å². The van der Waals surface area contributed by atoms with Gasteiger partial charge in [-0.3, -0.25) is 4.79 Å². The van der Waals surface area contributed by atoms with Crippen molar-refractivity contribution >= 4 is 21.9 Å². The first-order chi connectivity index (χ1) is 8.64. The zero-order chi connectivity index (χ0) is 13.2. The Morgan fingerprint density at radius 2 is 2.22 bits per heavy atom. The van der Waals surface area contributed by atoms with E-state index in [1.54, 1.807) is 14.0 Å². The van der Waals surface area contributed by atoms with Crippen LogP contribution in [0.5, 0.6) is 5.75 Å². The average Bonchev–Trinajstić information content (AvgIpc) is 2.28. The van der Waals surface area contributed by atoms with Gasteiger partial charge in [-0.2, -0.15) is 0 Å². The Hall–Kier alpha value is -1.07. The minimum atomic E-state index is -0.662. The summed E-state index contributed by atoms with van der Waals surface area (Å²) in [7, 11) is 1.60. The van der Waals surface area contributed by atoms with Gasteiger partial charge in [-0.1, -0.05) is 6.07 Å². The number of benzene rings is 1. The van der Waals surface area contributed by atoms with Crippen molar-refractivity contribution in [2.75, 3.05) is 26.9 Å². The molecule has 0 spiro atoms. The molecule has 1 aromatic rings. The lowest BCUT2D eigenvalue weighted by Gasteiger charge is -2.39. The second-order valence-electron chi connectivity index (χ2n) is 4.14. The molecule has 98 valence electrons. The molecule has 0 unspecified atom stereocenters. The van der Waals surface area contributed by atoms with Gasteiger partial charge < -0.3 is 14.2 Å². The van der Waals surface area contributed by atoms with E-state index in [1.807, 2.05) is 18.2 Å². The van der Waals surface area contributed by atoms with Gasteiger partial charge in [0.05, 0.1) is 31.4 Å². The zero-order valence-electron chi connectivity index (χ0n) is 10.4. The Morgan fingerprint density at radius 3 is 2.67 bits per heavy atom. The van der Waals surface area contributed by atoms with Gasteiger partial charge in [-0.25, -0.2) is 0 Å². The van der Waals surface area contributed by atoms with Gasteiger partial charge >= 0.3 is 5.97 Å². The van der Waals surface area contributed by atoms with Crippen molar-refractivity contribution in [3.8, 4) is 5.75 Å². The van der Waals surface area contributed by atoms with Crippen LogP contribution >= 0.6 is 15.9 Å². The molecule has 0 bridgehead atoms. The Kier molecular flexibility index (Phi) is 3.92. The summed E-state index contributed by atoms with van der Waals surface area (Å²) in [6, 6.07) is 5.60. The van der Waals surface area contributed by atoms with Crippen LogP contribution in [-0.4, -0.2) is 32.9 Å². The van der Waals surface area contributed by atoms with Gasteiger partial charge in [0, 0.05) is 0 Å². The van der Waals surface area contributed by atoms with Crippen molar-refractivity contribution in [1.29, 1.82) is 0 Å². The second kappa shape index (κ2) is 5.28. The van der Waals surface area contributed by atoms with Crippen LogP contribution in [0.1, 0.15) is 12.5 Å². The summed E-state index contributed by atoms with van der Waals surface area (Å²) in [6.45, 7) is 2.90. The number of carbonyl (C=O) groups is 1. The van der Waals surface area contributed by atoms with Gasteiger partial charge in [0.2, 0.25) is 0 Å². The number of rotatable bonds is 4. The number of hydrogen-bond donors (Lipinski definition) is 0. The van der Waals surface area contributed by atoms with Crippen molar-refractivity contribution in [3.63, 3.8) is 0 Å². The maximum atomic E-state index is 12.1. The average molecular weight is 315 g/mol. The van der Waals surface area contributed by atoms with E-state index in [4.69, 9.17) is 14.2 Å². The molecule has 5 heteroatoms. The lowest BCUT2D eigenvalue weighted by Crippen LogP contribution is -2.53. The highest BCUT2D eigenvalue weighted by Gasteiger charge is 2.49. The second-order valence-corrected chi connectivity index (χ2v) is 5.00. The fourth-order valence-corrected chi connectivity index (χ4v) is 2.48. The molecule has 0 atom stereocenters. The Labute approximate surface area is 114 Å². The van der Waals surface area contributed by atoms with Crippen LogP contribution in [0.3, 0.4) is 0 Å². The van der Waals surface area contributed by atoms with Crippen molar-refractivity contribution in [2.24, 2.45) is 0 Å². The van der Waals surface area contributed by atoms with Gasteiger partial charge in [0.1, 0.15) is 11.2 Å². The highest BCUT2D eigenvalue weighted by Crippen LogP contribution is 2.37. The van der Waals surface area contributed by atoms with E-state index in [0.29, 0.717) is 19.8 Å². The molecule has 1 saturated heterocycles. The molecule has 1 aliphatic rings. The number of halogens is 1. The summed E-state index contributed by atoms with van der Waals surface area (Å²) in [6.07, 6.45) is 0. The molecule has 0 saturated carbocycles. The number of hydrogen-bond acceptors (Lipinski definition) is 4. The van der Waals surface area contributed by atoms with E-state index in [0.717, 1.165) is 15.8 Å². The molecule has 1 heterocycles. The summed E-state index contributed by atoms with van der Waals surface area (Å²) in [4.78, 5) is 12.1. The molecule has 18 heavy (non-hydrogen) atoms. The summed E-state index contributed by atoms with van der Waals surface area (Å²) in [5.41, 5.74) is 0.227. The third-order valence-electron chi connectivity index (χ3n) is 3.07. The fraction of sp³-hybridized carbons (Fsp3) is 0.462. The first-order valence-electron chi connectivity index (χ1n) is 5.73. The Bertz CT molecular complexity index is 454. The van der Waals surface area contributed by atoms with E-state index < -0.39 is 5.41 Å². The van der Waals surface area contributed by atoms with Gasteiger partial charge in [-0.05, 0) is 40.5 Å². The quantitative estimate of drug-likeness (QED) is 0.800. The molecule has 1 fully saturated rings. The van der Waals surface area contributed by atoms with Crippen LogP contribution in [-0.2, 0) is 19.7 Å². The third-order valence-corrected chi connectivity index (χ3v) is 3.69. The first-order valence-corrected chi connectivity index (χ1v) is 6.52. The minimum Gasteiger partial charge on any atom is -0.496 e. The van der Waals surface area contributed by atoms with Crippen LogP contribution in [0, 0.1) is 0 Å². The lowest BCUT2D eigenvalue weighted by atomic mass is 9.78. The van der Waals surface area contributed by atoms with E-state index in [1.165, 1.54) is 0 Å². The Balaban J connectivity index is 2.33. The fourth-order valence-electron chi connectivity index (χ4n) is 1.94. The molecular formula is C13H15BrO4. The third kappa shape index (κ3) is 2.12. The zero-order valence-corrected chi connectivity index (χ0v) is 12.0. The monoisotopic (exact) mass is 314 g/mol. The number of esters is 1. The van der Waals surface area contributed by atoms with Crippen LogP contribution in [0.15, 0.2) is 22.7 Å². The molecule has 0 aliphatic carbocycles. The lowest BCUT2D eigenvalue weighted by molar-refractivity contribution is -0.169. The van der Waals surface area contributed by atoms with Gasteiger partial charge in [0.15, 0.2) is 0 Å². The summed E-state index contributed by atoms with van der Waals surface area (Å²) in [5, 5.41) is 0. The molecule has 1 aromatic carbocycles. The van der Waals surface area contributed by atoms with E-state index >= 15 is 0 Å². The smallest absolute Gasteiger partial charge is 0.321 e.